The second-order valence-corrected chi connectivity index (χ2v) is 7.35. The van der Waals surface area contributed by atoms with Gasteiger partial charge in [0.25, 0.3) is 0 Å². The summed E-state index contributed by atoms with van der Waals surface area (Å²) in [5, 5.41) is 10.5. The van der Waals surface area contributed by atoms with Crippen molar-refractivity contribution < 1.29 is 9.50 Å². The van der Waals surface area contributed by atoms with Crippen molar-refractivity contribution in [1.29, 1.82) is 0 Å². The molecule has 0 aliphatic carbocycles. The van der Waals surface area contributed by atoms with Crippen LogP contribution in [0.15, 0.2) is 65.9 Å². The first-order valence-electron chi connectivity index (χ1n) is 10.1. The fourth-order valence-corrected chi connectivity index (χ4v) is 3.85. The number of aromatic amines is 1. The minimum absolute atomic E-state index is 0.0965. The molecule has 1 aliphatic rings. The molecule has 7 nitrogen and oxygen atoms in total. The van der Waals surface area contributed by atoms with E-state index in [1.807, 2.05) is 30.3 Å². The summed E-state index contributed by atoms with van der Waals surface area (Å²) in [6, 6.07) is 14.4. The third kappa shape index (κ3) is 3.79. The molecule has 2 N–H and O–H groups in total. The Morgan fingerprint density at radius 1 is 0.935 bits per heavy atom. The molecular formula is C23H21FN6O. The third-order valence-corrected chi connectivity index (χ3v) is 5.46. The maximum atomic E-state index is 14.2. The summed E-state index contributed by atoms with van der Waals surface area (Å²) < 4.78 is 14.2. The summed E-state index contributed by atoms with van der Waals surface area (Å²) in [6.07, 6.45) is 5.02. The number of H-pyrrole nitrogens is 1. The van der Waals surface area contributed by atoms with Gasteiger partial charge in [-0.15, -0.1) is 0 Å². The number of fused-ring (bicyclic) bond motifs is 1. The lowest BCUT2D eigenvalue weighted by Gasteiger charge is -2.36. The van der Waals surface area contributed by atoms with Crippen molar-refractivity contribution >= 4 is 34.4 Å². The minimum atomic E-state index is -0.397. The van der Waals surface area contributed by atoms with E-state index in [0.717, 1.165) is 43.5 Å². The van der Waals surface area contributed by atoms with Crippen molar-refractivity contribution in [1.82, 2.24) is 15.0 Å². The number of benzene rings is 2. The molecule has 0 atom stereocenters. The van der Waals surface area contributed by atoms with Gasteiger partial charge in [0.1, 0.15) is 5.82 Å². The van der Waals surface area contributed by atoms with Gasteiger partial charge in [0.2, 0.25) is 5.95 Å². The Kier molecular flexibility index (Phi) is 4.95. The zero-order valence-electron chi connectivity index (χ0n) is 16.7. The van der Waals surface area contributed by atoms with Crippen LogP contribution in [0, 0.1) is 5.82 Å². The van der Waals surface area contributed by atoms with Crippen LogP contribution in [-0.4, -0.2) is 52.5 Å². The molecule has 8 heteroatoms. The van der Waals surface area contributed by atoms with Gasteiger partial charge in [0.15, 0.2) is 5.88 Å². The quantitative estimate of drug-likeness (QED) is 0.494. The fourth-order valence-electron chi connectivity index (χ4n) is 3.85. The van der Waals surface area contributed by atoms with E-state index >= 15 is 0 Å². The Bertz CT molecular complexity index is 1210. The summed E-state index contributed by atoms with van der Waals surface area (Å²) in [6.45, 7) is 3.47. The molecule has 3 heterocycles. The van der Waals surface area contributed by atoms with Gasteiger partial charge in [-0.05, 0) is 42.5 Å². The van der Waals surface area contributed by atoms with Crippen LogP contribution in [0.25, 0.3) is 10.9 Å². The predicted octanol–water partition coefficient (Wildman–Crippen LogP) is 3.88. The minimum Gasteiger partial charge on any atom is -0.494 e. The number of anilines is 2. The van der Waals surface area contributed by atoms with Gasteiger partial charge < -0.3 is 19.9 Å². The first-order chi connectivity index (χ1) is 15.2. The van der Waals surface area contributed by atoms with Crippen LogP contribution in [-0.2, 0) is 0 Å². The molecule has 31 heavy (non-hydrogen) atoms. The highest BCUT2D eigenvalue weighted by Gasteiger charge is 2.19. The Balaban J connectivity index is 1.28. The number of hydrogen-bond donors (Lipinski definition) is 2. The highest BCUT2D eigenvalue weighted by Crippen LogP contribution is 2.29. The Hall–Kier alpha value is -3.94. The monoisotopic (exact) mass is 416 g/mol. The number of halogens is 1. The van der Waals surface area contributed by atoms with Crippen LogP contribution < -0.4 is 9.80 Å². The standard InChI is InChI=1S/C23H21FN6O/c24-19-3-1-4-20-21(19)18(22(31)28-20)15-27-16-5-7-17(8-6-16)29-11-13-30(14-12-29)23-25-9-2-10-26-23/h1-10,15,28,31H,11-14H2. The average Bonchev–Trinajstić information content (AvgIpc) is 3.15. The van der Waals surface area contributed by atoms with Crippen LogP contribution >= 0.6 is 0 Å². The SMILES string of the molecule is Oc1[nH]c2cccc(F)c2c1C=Nc1ccc(N2CCN(c3ncccn3)CC2)cc1. The maximum absolute atomic E-state index is 14.2. The van der Waals surface area contributed by atoms with Crippen molar-refractivity contribution in [3.05, 3.63) is 72.3 Å². The van der Waals surface area contributed by atoms with E-state index in [9.17, 15) is 9.50 Å². The van der Waals surface area contributed by atoms with E-state index < -0.39 is 5.82 Å². The molecule has 2 aromatic carbocycles. The molecule has 4 aromatic rings. The van der Waals surface area contributed by atoms with Crippen LogP contribution in [0.3, 0.4) is 0 Å². The summed E-state index contributed by atoms with van der Waals surface area (Å²) in [4.78, 5) is 20.3. The molecule has 0 spiro atoms. The first-order valence-corrected chi connectivity index (χ1v) is 10.1. The largest absolute Gasteiger partial charge is 0.494 e. The highest BCUT2D eigenvalue weighted by molar-refractivity contribution is 6.02. The van der Waals surface area contributed by atoms with Crippen molar-refractivity contribution in [2.75, 3.05) is 36.0 Å². The summed E-state index contributed by atoms with van der Waals surface area (Å²) in [5.74, 6) is 0.274. The predicted molar refractivity (Wildman–Crippen MR) is 120 cm³/mol. The Morgan fingerprint density at radius 3 is 2.39 bits per heavy atom. The number of hydrogen-bond acceptors (Lipinski definition) is 6. The summed E-state index contributed by atoms with van der Waals surface area (Å²) in [5.41, 5.74) is 2.73. The Labute approximate surface area is 178 Å². The van der Waals surface area contributed by atoms with Crippen molar-refractivity contribution in [3.8, 4) is 5.88 Å². The van der Waals surface area contributed by atoms with Crippen LogP contribution in [0.4, 0.5) is 21.7 Å². The highest BCUT2D eigenvalue weighted by atomic mass is 19.1. The lowest BCUT2D eigenvalue weighted by Crippen LogP contribution is -2.47. The van der Waals surface area contributed by atoms with E-state index in [1.54, 1.807) is 24.5 Å². The molecule has 156 valence electrons. The molecule has 0 bridgehead atoms. The van der Waals surface area contributed by atoms with E-state index in [0.29, 0.717) is 16.5 Å². The van der Waals surface area contributed by atoms with Gasteiger partial charge in [-0.3, -0.25) is 4.99 Å². The molecule has 1 aliphatic heterocycles. The second-order valence-electron chi connectivity index (χ2n) is 7.35. The number of nitrogens with one attached hydrogen (secondary N) is 1. The van der Waals surface area contributed by atoms with Crippen molar-refractivity contribution in [2.45, 2.75) is 0 Å². The molecular weight excluding hydrogens is 395 g/mol. The molecule has 5 rings (SSSR count). The molecule has 1 saturated heterocycles. The van der Waals surface area contributed by atoms with E-state index in [4.69, 9.17) is 0 Å². The molecule has 2 aromatic heterocycles. The smallest absolute Gasteiger partial charge is 0.225 e. The Morgan fingerprint density at radius 2 is 1.65 bits per heavy atom. The van der Waals surface area contributed by atoms with Crippen LogP contribution in [0.5, 0.6) is 5.88 Å². The van der Waals surface area contributed by atoms with Gasteiger partial charge in [-0.25, -0.2) is 14.4 Å². The molecule has 1 fully saturated rings. The maximum Gasteiger partial charge on any atom is 0.225 e. The number of piperazine rings is 1. The summed E-state index contributed by atoms with van der Waals surface area (Å²) in [7, 11) is 0. The topological polar surface area (TPSA) is 80.6 Å². The van der Waals surface area contributed by atoms with E-state index in [2.05, 4.69) is 29.7 Å². The first kappa shape index (κ1) is 19.0. The van der Waals surface area contributed by atoms with Crippen LogP contribution in [0.2, 0.25) is 0 Å². The number of aliphatic imine (C=N–C) groups is 1. The zero-order chi connectivity index (χ0) is 21.2. The van der Waals surface area contributed by atoms with Crippen molar-refractivity contribution in [3.63, 3.8) is 0 Å². The number of aromatic hydroxyl groups is 1. The van der Waals surface area contributed by atoms with E-state index in [1.165, 1.54) is 12.3 Å². The lowest BCUT2D eigenvalue weighted by atomic mass is 10.1. The van der Waals surface area contributed by atoms with Gasteiger partial charge in [0.05, 0.1) is 16.8 Å². The van der Waals surface area contributed by atoms with Gasteiger partial charge >= 0.3 is 0 Å². The molecule has 0 amide bonds. The molecule has 0 radical (unpaired) electrons. The number of aromatic nitrogens is 3. The second kappa shape index (κ2) is 8.06. The van der Waals surface area contributed by atoms with Gasteiger partial charge in [0, 0.05) is 55.9 Å². The van der Waals surface area contributed by atoms with Crippen molar-refractivity contribution in [2.24, 2.45) is 4.99 Å². The number of nitrogens with zero attached hydrogens (tertiary/aromatic N) is 5. The molecule has 0 unspecified atom stereocenters. The summed E-state index contributed by atoms with van der Waals surface area (Å²) >= 11 is 0. The van der Waals surface area contributed by atoms with E-state index in [-0.39, 0.29) is 5.88 Å². The normalized spacial score (nSPS) is 14.6. The lowest BCUT2D eigenvalue weighted by molar-refractivity contribution is 0.457. The third-order valence-electron chi connectivity index (χ3n) is 5.46. The number of rotatable bonds is 4. The van der Waals surface area contributed by atoms with Gasteiger partial charge in [-0.2, -0.15) is 0 Å². The van der Waals surface area contributed by atoms with Crippen LogP contribution in [0.1, 0.15) is 5.56 Å². The fraction of sp³-hybridized carbons (Fsp3) is 0.174. The molecule has 0 saturated carbocycles. The zero-order valence-corrected chi connectivity index (χ0v) is 16.7. The average molecular weight is 416 g/mol. The van der Waals surface area contributed by atoms with Gasteiger partial charge in [-0.1, -0.05) is 6.07 Å².